The summed E-state index contributed by atoms with van der Waals surface area (Å²) in [5, 5.41) is 9.18. The highest BCUT2D eigenvalue weighted by atomic mass is 79.9. The molecule has 98 valence electrons. The fourth-order valence-electron chi connectivity index (χ4n) is 2.07. The first-order chi connectivity index (χ1) is 8.63. The van der Waals surface area contributed by atoms with E-state index in [0.29, 0.717) is 18.1 Å². The molecule has 1 aliphatic heterocycles. The molecular weight excluding hydrogens is 316 g/mol. The van der Waals surface area contributed by atoms with Crippen molar-refractivity contribution in [3.8, 4) is 0 Å². The minimum absolute atomic E-state index is 0.0207. The summed E-state index contributed by atoms with van der Waals surface area (Å²) in [7, 11) is 0. The van der Waals surface area contributed by atoms with Gasteiger partial charge in [-0.1, -0.05) is 18.3 Å². The van der Waals surface area contributed by atoms with E-state index in [2.05, 4.69) is 20.8 Å². The van der Waals surface area contributed by atoms with Crippen LogP contribution in [0.15, 0.2) is 22.7 Å². The van der Waals surface area contributed by atoms with Gasteiger partial charge in [-0.05, 0) is 28.1 Å². The largest absolute Gasteiger partial charge is 0.394 e. The molecule has 18 heavy (non-hydrogen) atoms. The highest BCUT2D eigenvalue weighted by Crippen LogP contribution is 2.29. The number of aliphatic hydroxyl groups excluding tert-OH is 1. The van der Waals surface area contributed by atoms with E-state index < -0.39 is 0 Å². The molecule has 6 heteroatoms. The van der Waals surface area contributed by atoms with Crippen LogP contribution in [0.25, 0.3) is 0 Å². The van der Waals surface area contributed by atoms with E-state index in [1.807, 2.05) is 18.2 Å². The molecule has 0 radical (unpaired) electrons. The van der Waals surface area contributed by atoms with Gasteiger partial charge in [-0.2, -0.15) is 0 Å². The summed E-state index contributed by atoms with van der Waals surface area (Å²) in [5.74, 6) is 0. The van der Waals surface area contributed by atoms with Crippen LogP contribution in [0, 0.1) is 0 Å². The summed E-state index contributed by atoms with van der Waals surface area (Å²) in [6.07, 6.45) is -0.156. The van der Waals surface area contributed by atoms with Gasteiger partial charge in [0.1, 0.15) is 4.99 Å². The predicted molar refractivity (Wildman–Crippen MR) is 79.1 cm³/mol. The van der Waals surface area contributed by atoms with E-state index in [1.54, 1.807) is 0 Å². The van der Waals surface area contributed by atoms with Gasteiger partial charge in [-0.3, -0.25) is 0 Å². The number of hydrogen-bond donors (Lipinski definition) is 2. The van der Waals surface area contributed by atoms with Crippen molar-refractivity contribution >= 4 is 38.8 Å². The number of ether oxygens (including phenoxy) is 1. The first-order valence-electron chi connectivity index (χ1n) is 5.69. The highest BCUT2D eigenvalue weighted by Gasteiger charge is 2.23. The maximum atomic E-state index is 9.18. The van der Waals surface area contributed by atoms with Crippen molar-refractivity contribution in [3.05, 3.63) is 28.2 Å². The number of morpholine rings is 1. The second-order valence-corrected chi connectivity index (χ2v) is 5.41. The van der Waals surface area contributed by atoms with Crippen LogP contribution in [0.3, 0.4) is 0 Å². The zero-order valence-corrected chi connectivity index (χ0v) is 12.2. The molecule has 0 amide bonds. The number of rotatable bonds is 3. The molecule has 1 fully saturated rings. The lowest BCUT2D eigenvalue weighted by Crippen LogP contribution is -2.44. The predicted octanol–water partition coefficient (Wildman–Crippen LogP) is 1.28. The standard InChI is InChI=1S/C12H15BrN2O2S/c13-9-2-1-3-10(11(9)12(14)18)15-4-5-17-8(6-15)7-16/h1-3,8,16H,4-7H2,(H2,14,18). The van der Waals surface area contributed by atoms with Gasteiger partial charge in [-0.15, -0.1) is 0 Å². The lowest BCUT2D eigenvalue weighted by atomic mass is 10.1. The second-order valence-electron chi connectivity index (χ2n) is 4.12. The van der Waals surface area contributed by atoms with Crippen LogP contribution in [0.2, 0.25) is 0 Å². The molecule has 0 saturated carbocycles. The van der Waals surface area contributed by atoms with Crippen molar-refractivity contribution in [2.24, 2.45) is 5.73 Å². The Morgan fingerprint density at radius 2 is 2.39 bits per heavy atom. The minimum Gasteiger partial charge on any atom is -0.394 e. The number of thiocarbonyl (C=S) groups is 1. The molecule has 0 aromatic heterocycles. The van der Waals surface area contributed by atoms with Gasteiger partial charge in [0, 0.05) is 28.8 Å². The van der Waals surface area contributed by atoms with E-state index in [9.17, 15) is 5.11 Å². The highest BCUT2D eigenvalue weighted by molar-refractivity contribution is 9.10. The van der Waals surface area contributed by atoms with E-state index in [1.165, 1.54) is 0 Å². The Hall–Kier alpha value is -0.690. The Labute approximate surface area is 120 Å². The summed E-state index contributed by atoms with van der Waals surface area (Å²) in [6, 6.07) is 5.85. The van der Waals surface area contributed by atoms with Gasteiger partial charge in [0.15, 0.2) is 0 Å². The second kappa shape index (κ2) is 5.97. The summed E-state index contributed by atoms with van der Waals surface area (Å²) in [4.78, 5) is 2.51. The van der Waals surface area contributed by atoms with Crippen LogP contribution >= 0.6 is 28.1 Å². The van der Waals surface area contributed by atoms with Crippen molar-refractivity contribution < 1.29 is 9.84 Å². The number of nitrogens with zero attached hydrogens (tertiary/aromatic N) is 1. The smallest absolute Gasteiger partial charge is 0.107 e. The summed E-state index contributed by atoms with van der Waals surface area (Å²) in [5.41, 5.74) is 7.61. The number of hydrogen-bond acceptors (Lipinski definition) is 4. The van der Waals surface area contributed by atoms with E-state index >= 15 is 0 Å². The van der Waals surface area contributed by atoms with Gasteiger partial charge in [-0.25, -0.2) is 0 Å². The van der Waals surface area contributed by atoms with Crippen LogP contribution in [0.5, 0.6) is 0 Å². The lowest BCUT2D eigenvalue weighted by Gasteiger charge is -2.35. The van der Waals surface area contributed by atoms with Gasteiger partial charge in [0.2, 0.25) is 0 Å². The van der Waals surface area contributed by atoms with Crippen molar-refractivity contribution in [1.82, 2.24) is 0 Å². The van der Waals surface area contributed by atoms with Gasteiger partial charge in [0.05, 0.1) is 19.3 Å². The monoisotopic (exact) mass is 330 g/mol. The molecule has 4 nitrogen and oxygen atoms in total. The molecule has 1 atom stereocenters. The van der Waals surface area contributed by atoms with Crippen LogP contribution < -0.4 is 10.6 Å². The van der Waals surface area contributed by atoms with Gasteiger partial charge >= 0.3 is 0 Å². The maximum absolute atomic E-state index is 9.18. The average molecular weight is 331 g/mol. The normalized spacial score (nSPS) is 19.9. The van der Waals surface area contributed by atoms with Crippen LogP contribution in [-0.4, -0.2) is 42.5 Å². The summed E-state index contributed by atoms with van der Waals surface area (Å²) in [6.45, 7) is 2.02. The number of benzene rings is 1. The lowest BCUT2D eigenvalue weighted by molar-refractivity contribution is 0.00356. The van der Waals surface area contributed by atoms with Crippen molar-refractivity contribution in [2.45, 2.75) is 6.10 Å². The maximum Gasteiger partial charge on any atom is 0.107 e. The molecule has 0 spiro atoms. The number of halogens is 1. The first kappa shape index (κ1) is 13.7. The van der Waals surface area contributed by atoms with Crippen molar-refractivity contribution in [1.29, 1.82) is 0 Å². The topological polar surface area (TPSA) is 58.7 Å². The SMILES string of the molecule is NC(=S)c1c(Br)cccc1N1CCOC(CO)C1. The third kappa shape index (κ3) is 2.83. The summed E-state index contributed by atoms with van der Waals surface area (Å²) < 4.78 is 6.33. The number of anilines is 1. The van der Waals surface area contributed by atoms with E-state index in [4.69, 9.17) is 22.7 Å². The Balaban J connectivity index is 2.32. The molecule has 3 N–H and O–H groups in total. The molecule has 2 rings (SSSR count). The van der Waals surface area contributed by atoms with Crippen LogP contribution in [-0.2, 0) is 4.74 Å². The minimum atomic E-state index is -0.156. The quantitative estimate of drug-likeness (QED) is 0.817. The molecule has 0 aliphatic carbocycles. The zero-order chi connectivity index (χ0) is 13.1. The molecule has 1 saturated heterocycles. The Bertz CT molecular complexity index is 456. The van der Waals surface area contributed by atoms with Crippen LogP contribution in [0.4, 0.5) is 5.69 Å². The van der Waals surface area contributed by atoms with E-state index in [-0.39, 0.29) is 12.7 Å². The molecule has 1 aromatic rings. The zero-order valence-electron chi connectivity index (χ0n) is 9.80. The average Bonchev–Trinajstić information content (AvgIpc) is 2.38. The number of aliphatic hydroxyl groups is 1. The van der Waals surface area contributed by atoms with Gasteiger partial charge in [0.25, 0.3) is 0 Å². The third-order valence-electron chi connectivity index (χ3n) is 2.92. The Kier molecular flexibility index (Phi) is 4.55. The molecule has 1 heterocycles. The molecule has 1 unspecified atom stereocenters. The molecule has 1 aromatic carbocycles. The van der Waals surface area contributed by atoms with E-state index in [0.717, 1.165) is 22.3 Å². The third-order valence-corrected chi connectivity index (χ3v) is 3.79. The van der Waals surface area contributed by atoms with Crippen molar-refractivity contribution in [2.75, 3.05) is 31.2 Å². The Morgan fingerprint density at radius 3 is 3.06 bits per heavy atom. The number of nitrogens with two attached hydrogens (primary N) is 1. The molecule has 0 bridgehead atoms. The first-order valence-corrected chi connectivity index (χ1v) is 6.89. The van der Waals surface area contributed by atoms with Crippen molar-refractivity contribution in [3.63, 3.8) is 0 Å². The summed E-state index contributed by atoms with van der Waals surface area (Å²) >= 11 is 8.58. The molecular formula is C12H15BrN2O2S. The van der Waals surface area contributed by atoms with Gasteiger partial charge < -0.3 is 20.5 Å². The Morgan fingerprint density at radius 1 is 1.61 bits per heavy atom. The fourth-order valence-corrected chi connectivity index (χ4v) is 2.98. The van der Waals surface area contributed by atoms with Crippen LogP contribution in [0.1, 0.15) is 5.56 Å². The fraction of sp³-hybridized carbons (Fsp3) is 0.417. The molecule has 1 aliphatic rings.